The van der Waals surface area contributed by atoms with Crippen molar-refractivity contribution in [1.29, 1.82) is 0 Å². The minimum atomic E-state index is 0.201. The van der Waals surface area contributed by atoms with Gasteiger partial charge in [-0.15, -0.1) is 11.3 Å². The van der Waals surface area contributed by atoms with Gasteiger partial charge in [0.15, 0.2) is 0 Å². The van der Waals surface area contributed by atoms with Crippen LogP contribution in [-0.4, -0.2) is 23.8 Å². The lowest BCUT2D eigenvalue weighted by atomic mass is 10.2. The quantitative estimate of drug-likeness (QED) is 0.913. The van der Waals surface area contributed by atoms with Crippen LogP contribution in [-0.2, 0) is 6.42 Å². The lowest BCUT2D eigenvalue weighted by molar-refractivity contribution is 0.288. The molecule has 2 aromatic rings. The van der Waals surface area contributed by atoms with Gasteiger partial charge >= 0.3 is 0 Å². The Kier molecular flexibility index (Phi) is 4.74. The molecule has 1 N–H and O–H groups in total. The molecule has 18 heavy (non-hydrogen) atoms. The number of aryl methyl sites for hydroxylation is 1. The number of nitrogens with zero attached hydrogens (tertiary/aromatic N) is 1. The van der Waals surface area contributed by atoms with Crippen molar-refractivity contribution >= 4 is 27.3 Å². The lowest BCUT2D eigenvalue weighted by Gasteiger charge is -2.06. The van der Waals surface area contributed by atoms with Gasteiger partial charge in [-0.2, -0.15) is 0 Å². The zero-order chi connectivity index (χ0) is 13.0. The number of thiazole rings is 1. The first-order valence-corrected chi connectivity index (χ1v) is 7.31. The molecule has 0 unspecified atom stereocenters. The maximum absolute atomic E-state index is 8.82. The van der Waals surface area contributed by atoms with Crippen molar-refractivity contribution in [3.63, 3.8) is 0 Å². The molecule has 1 heterocycles. The number of benzene rings is 1. The van der Waals surface area contributed by atoms with E-state index in [-0.39, 0.29) is 6.61 Å². The summed E-state index contributed by atoms with van der Waals surface area (Å²) in [5.41, 5.74) is 2.01. The van der Waals surface area contributed by atoms with E-state index in [1.54, 1.807) is 18.4 Å². The number of rotatable bonds is 5. The molecular weight excluding hydrogens is 314 g/mol. The SMILES string of the molecule is COc1ccc(Br)cc1-c1nc(CCCO)cs1. The molecule has 0 bridgehead atoms. The molecule has 1 aromatic heterocycles. The molecule has 96 valence electrons. The van der Waals surface area contributed by atoms with Gasteiger partial charge in [0.2, 0.25) is 0 Å². The van der Waals surface area contributed by atoms with E-state index in [1.165, 1.54) is 0 Å². The Labute approximate surface area is 119 Å². The standard InChI is InChI=1S/C13H14BrNO2S/c1-17-12-5-4-9(14)7-11(12)13-15-10(8-18-13)3-2-6-16/h4-5,7-8,16H,2-3,6H2,1H3. The molecule has 0 radical (unpaired) electrons. The van der Waals surface area contributed by atoms with E-state index in [4.69, 9.17) is 9.84 Å². The van der Waals surface area contributed by atoms with Gasteiger partial charge in [-0.3, -0.25) is 0 Å². The van der Waals surface area contributed by atoms with Crippen LogP contribution < -0.4 is 4.74 Å². The van der Waals surface area contributed by atoms with Gasteiger partial charge < -0.3 is 9.84 Å². The Morgan fingerprint density at radius 2 is 2.28 bits per heavy atom. The smallest absolute Gasteiger partial charge is 0.129 e. The highest BCUT2D eigenvalue weighted by Gasteiger charge is 2.10. The molecule has 0 atom stereocenters. The molecule has 0 saturated heterocycles. The van der Waals surface area contributed by atoms with E-state index in [1.807, 2.05) is 23.6 Å². The Balaban J connectivity index is 2.30. The average molecular weight is 328 g/mol. The van der Waals surface area contributed by atoms with Gasteiger partial charge in [0.1, 0.15) is 10.8 Å². The van der Waals surface area contributed by atoms with Gasteiger partial charge in [0, 0.05) is 16.5 Å². The highest BCUT2D eigenvalue weighted by atomic mass is 79.9. The largest absolute Gasteiger partial charge is 0.496 e. The maximum Gasteiger partial charge on any atom is 0.129 e. The van der Waals surface area contributed by atoms with Crippen LogP contribution in [0.4, 0.5) is 0 Å². The van der Waals surface area contributed by atoms with Crippen LogP contribution in [0.2, 0.25) is 0 Å². The Morgan fingerprint density at radius 3 is 3.00 bits per heavy atom. The Hall–Kier alpha value is -0.910. The van der Waals surface area contributed by atoms with E-state index in [9.17, 15) is 0 Å². The summed E-state index contributed by atoms with van der Waals surface area (Å²) in [4.78, 5) is 4.57. The van der Waals surface area contributed by atoms with Crippen molar-refractivity contribution in [2.45, 2.75) is 12.8 Å². The molecule has 3 nitrogen and oxygen atoms in total. The number of aliphatic hydroxyl groups is 1. The highest BCUT2D eigenvalue weighted by Crippen LogP contribution is 2.34. The van der Waals surface area contributed by atoms with Crippen LogP contribution in [0.5, 0.6) is 5.75 Å². The zero-order valence-corrected chi connectivity index (χ0v) is 12.4. The molecule has 0 aliphatic rings. The number of hydrogen-bond acceptors (Lipinski definition) is 4. The fourth-order valence-electron chi connectivity index (χ4n) is 1.65. The Morgan fingerprint density at radius 1 is 1.44 bits per heavy atom. The van der Waals surface area contributed by atoms with Crippen molar-refractivity contribution in [1.82, 2.24) is 4.98 Å². The van der Waals surface area contributed by atoms with Gasteiger partial charge in [0.25, 0.3) is 0 Å². The number of hydrogen-bond donors (Lipinski definition) is 1. The summed E-state index contributed by atoms with van der Waals surface area (Å²) in [6.07, 6.45) is 1.56. The third kappa shape index (κ3) is 3.10. The number of aliphatic hydroxyl groups excluding tert-OH is 1. The molecular formula is C13H14BrNO2S. The van der Waals surface area contributed by atoms with Crippen LogP contribution >= 0.6 is 27.3 Å². The second-order valence-corrected chi connectivity index (χ2v) is 5.59. The monoisotopic (exact) mass is 327 g/mol. The van der Waals surface area contributed by atoms with Crippen LogP contribution in [0.1, 0.15) is 12.1 Å². The van der Waals surface area contributed by atoms with Crippen LogP contribution in [0.25, 0.3) is 10.6 Å². The second kappa shape index (κ2) is 6.31. The normalized spacial score (nSPS) is 10.6. The molecule has 0 aliphatic carbocycles. The summed E-state index contributed by atoms with van der Waals surface area (Å²) in [7, 11) is 1.66. The van der Waals surface area contributed by atoms with Gasteiger partial charge in [-0.25, -0.2) is 4.98 Å². The van der Waals surface area contributed by atoms with E-state index in [2.05, 4.69) is 20.9 Å². The maximum atomic E-state index is 8.82. The fraction of sp³-hybridized carbons (Fsp3) is 0.308. The third-order valence-corrected chi connectivity index (χ3v) is 3.95. The number of methoxy groups -OCH3 is 1. The predicted molar refractivity (Wildman–Crippen MR) is 77.2 cm³/mol. The minimum Gasteiger partial charge on any atom is -0.496 e. The third-order valence-electron chi connectivity index (χ3n) is 2.53. The van der Waals surface area contributed by atoms with Gasteiger partial charge in [-0.05, 0) is 31.0 Å². The number of aromatic nitrogens is 1. The van der Waals surface area contributed by atoms with Crippen molar-refractivity contribution < 1.29 is 9.84 Å². The first kappa shape index (κ1) is 13.5. The lowest BCUT2D eigenvalue weighted by Crippen LogP contribution is -1.91. The van der Waals surface area contributed by atoms with Crippen molar-refractivity contribution in [3.05, 3.63) is 33.7 Å². The van der Waals surface area contributed by atoms with Crippen LogP contribution in [0.15, 0.2) is 28.1 Å². The van der Waals surface area contributed by atoms with Crippen LogP contribution in [0, 0.1) is 0 Å². The molecule has 0 aliphatic heterocycles. The molecule has 0 saturated carbocycles. The second-order valence-electron chi connectivity index (χ2n) is 3.82. The molecule has 2 rings (SSSR count). The summed E-state index contributed by atoms with van der Waals surface area (Å²) < 4.78 is 6.36. The summed E-state index contributed by atoms with van der Waals surface area (Å²) in [6.45, 7) is 0.201. The summed E-state index contributed by atoms with van der Waals surface area (Å²) in [6, 6.07) is 5.88. The molecule has 5 heteroatoms. The molecule has 1 aromatic carbocycles. The molecule has 0 spiro atoms. The van der Waals surface area contributed by atoms with E-state index in [0.717, 1.165) is 39.3 Å². The van der Waals surface area contributed by atoms with Crippen molar-refractivity contribution in [3.8, 4) is 16.3 Å². The van der Waals surface area contributed by atoms with E-state index >= 15 is 0 Å². The van der Waals surface area contributed by atoms with E-state index < -0.39 is 0 Å². The average Bonchev–Trinajstić information content (AvgIpc) is 2.85. The topological polar surface area (TPSA) is 42.4 Å². The zero-order valence-electron chi connectivity index (χ0n) is 10.0. The minimum absolute atomic E-state index is 0.201. The van der Waals surface area contributed by atoms with Crippen molar-refractivity contribution in [2.75, 3.05) is 13.7 Å². The van der Waals surface area contributed by atoms with Gasteiger partial charge in [0.05, 0.1) is 18.4 Å². The molecule has 0 fully saturated rings. The first-order valence-electron chi connectivity index (χ1n) is 5.63. The van der Waals surface area contributed by atoms with Gasteiger partial charge in [-0.1, -0.05) is 15.9 Å². The Bertz CT molecular complexity index is 527. The molecule has 0 amide bonds. The van der Waals surface area contributed by atoms with E-state index in [0.29, 0.717) is 0 Å². The van der Waals surface area contributed by atoms with Crippen molar-refractivity contribution in [2.24, 2.45) is 0 Å². The summed E-state index contributed by atoms with van der Waals surface area (Å²) >= 11 is 5.06. The first-order chi connectivity index (χ1) is 8.74. The number of ether oxygens (including phenoxy) is 1. The fourth-order valence-corrected chi connectivity index (χ4v) is 2.89. The summed E-state index contributed by atoms with van der Waals surface area (Å²) in [5.74, 6) is 0.821. The van der Waals surface area contributed by atoms with Crippen LogP contribution in [0.3, 0.4) is 0 Å². The predicted octanol–water partition coefficient (Wildman–Crippen LogP) is 3.51. The number of halogens is 1. The highest BCUT2D eigenvalue weighted by molar-refractivity contribution is 9.10. The summed E-state index contributed by atoms with van der Waals surface area (Å²) in [5, 5.41) is 11.8.